The number of aryl methyl sites for hydroxylation is 2. The number of rotatable bonds is 5. The van der Waals surface area contributed by atoms with E-state index in [9.17, 15) is 0 Å². The van der Waals surface area contributed by atoms with Crippen LogP contribution in [0.4, 0.5) is 0 Å². The van der Waals surface area contributed by atoms with Crippen LogP contribution in [-0.4, -0.2) is 13.1 Å². The van der Waals surface area contributed by atoms with Gasteiger partial charge in [-0.05, 0) is 50.9 Å². The van der Waals surface area contributed by atoms with Gasteiger partial charge >= 0.3 is 0 Å². The number of hydrogen-bond acceptors (Lipinski definition) is 1. The van der Waals surface area contributed by atoms with Crippen LogP contribution in [0.25, 0.3) is 0 Å². The SMILES string of the molecule is CNC(Cc1cc(C)cc(C)c1)Cc1ccccc1Br. The van der Waals surface area contributed by atoms with Crippen LogP contribution in [0.3, 0.4) is 0 Å². The van der Waals surface area contributed by atoms with Gasteiger partial charge in [-0.15, -0.1) is 0 Å². The molecule has 0 bridgehead atoms. The number of hydrogen-bond donors (Lipinski definition) is 1. The van der Waals surface area contributed by atoms with Crippen LogP contribution < -0.4 is 5.32 Å². The summed E-state index contributed by atoms with van der Waals surface area (Å²) in [5.41, 5.74) is 5.46. The molecular weight excluding hydrogens is 310 g/mol. The van der Waals surface area contributed by atoms with E-state index in [0.717, 1.165) is 12.8 Å². The van der Waals surface area contributed by atoms with Crippen molar-refractivity contribution in [2.45, 2.75) is 32.7 Å². The van der Waals surface area contributed by atoms with Gasteiger partial charge in [0.2, 0.25) is 0 Å². The van der Waals surface area contributed by atoms with E-state index >= 15 is 0 Å². The summed E-state index contributed by atoms with van der Waals surface area (Å²) in [7, 11) is 2.05. The van der Waals surface area contributed by atoms with Gasteiger partial charge in [0.25, 0.3) is 0 Å². The van der Waals surface area contributed by atoms with Crippen molar-refractivity contribution in [3.63, 3.8) is 0 Å². The highest BCUT2D eigenvalue weighted by molar-refractivity contribution is 9.10. The van der Waals surface area contributed by atoms with Crippen molar-refractivity contribution in [3.8, 4) is 0 Å². The third-order valence-corrected chi connectivity index (χ3v) is 4.37. The number of benzene rings is 2. The highest BCUT2D eigenvalue weighted by atomic mass is 79.9. The second-order valence-electron chi connectivity index (χ2n) is 5.48. The lowest BCUT2D eigenvalue weighted by Gasteiger charge is -2.18. The van der Waals surface area contributed by atoms with Crippen molar-refractivity contribution in [3.05, 3.63) is 69.2 Å². The molecule has 0 radical (unpaired) electrons. The summed E-state index contributed by atoms with van der Waals surface area (Å²) in [6, 6.07) is 15.7. The van der Waals surface area contributed by atoms with Gasteiger partial charge in [0.05, 0.1) is 0 Å². The predicted molar refractivity (Wildman–Crippen MR) is 90.3 cm³/mol. The topological polar surface area (TPSA) is 12.0 Å². The van der Waals surface area contributed by atoms with Crippen LogP contribution >= 0.6 is 15.9 Å². The Labute approximate surface area is 130 Å². The summed E-state index contributed by atoms with van der Waals surface area (Å²) in [5, 5.41) is 3.44. The molecule has 0 amide bonds. The molecule has 1 N–H and O–H groups in total. The van der Waals surface area contributed by atoms with E-state index in [4.69, 9.17) is 0 Å². The molecule has 0 aliphatic carbocycles. The van der Waals surface area contributed by atoms with Crippen molar-refractivity contribution in [1.29, 1.82) is 0 Å². The van der Waals surface area contributed by atoms with Crippen LogP contribution in [0.1, 0.15) is 22.3 Å². The minimum Gasteiger partial charge on any atom is -0.316 e. The minimum absolute atomic E-state index is 0.454. The highest BCUT2D eigenvalue weighted by Crippen LogP contribution is 2.19. The van der Waals surface area contributed by atoms with Crippen LogP contribution in [0.2, 0.25) is 0 Å². The molecule has 2 rings (SSSR count). The quantitative estimate of drug-likeness (QED) is 0.854. The van der Waals surface area contributed by atoms with Crippen molar-refractivity contribution in [1.82, 2.24) is 5.32 Å². The molecule has 0 aromatic heterocycles. The zero-order chi connectivity index (χ0) is 14.5. The summed E-state index contributed by atoms with van der Waals surface area (Å²) < 4.78 is 1.20. The summed E-state index contributed by atoms with van der Waals surface area (Å²) in [4.78, 5) is 0. The first-order chi connectivity index (χ1) is 9.58. The normalized spacial score (nSPS) is 12.4. The molecule has 0 saturated heterocycles. The van der Waals surface area contributed by atoms with Gasteiger partial charge in [0, 0.05) is 10.5 Å². The molecule has 1 atom stereocenters. The molecule has 1 nitrogen and oxygen atoms in total. The highest BCUT2D eigenvalue weighted by Gasteiger charge is 2.10. The predicted octanol–water partition coefficient (Wildman–Crippen LogP) is 4.44. The first kappa shape index (κ1) is 15.3. The first-order valence-electron chi connectivity index (χ1n) is 7.06. The van der Waals surface area contributed by atoms with Crippen LogP contribution in [-0.2, 0) is 12.8 Å². The lowest BCUT2D eigenvalue weighted by atomic mass is 9.97. The maximum Gasteiger partial charge on any atom is 0.0207 e. The standard InChI is InChI=1S/C18H22BrN/c1-13-8-14(2)10-15(9-13)11-17(20-3)12-16-6-4-5-7-18(16)19/h4-10,17,20H,11-12H2,1-3H3. The second kappa shape index (κ2) is 7.05. The Kier molecular flexibility index (Phi) is 5.38. The van der Waals surface area contributed by atoms with E-state index in [1.807, 2.05) is 7.05 Å². The van der Waals surface area contributed by atoms with E-state index in [2.05, 4.69) is 77.6 Å². The monoisotopic (exact) mass is 331 g/mol. The number of nitrogens with one attached hydrogen (secondary N) is 1. The van der Waals surface area contributed by atoms with Crippen molar-refractivity contribution in [2.24, 2.45) is 0 Å². The Balaban J connectivity index is 2.11. The Morgan fingerprint density at radius 1 is 1.00 bits per heavy atom. The largest absolute Gasteiger partial charge is 0.316 e. The number of halogens is 1. The van der Waals surface area contributed by atoms with Gasteiger partial charge in [-0.2, -0.15) is 0 Å². The van der Waals surface area contributed by atoms with E-state index in [1.165, 1.54) is 26.7 Å². The van der Waals surface area contributed by atoms with Crippen molar-refractivity contribution < 1.29 is 0 Å². The van der Waals surface area contributed by atoms with E-state index < -0.39 is 0 Å². The Hall–Kier alpha value is -1.12. The van der Waals surface area contributed by atoms with Gasteiger partial charge in [-0.1, -0.05) is 63.5 Å². The Morgan fingerprint density at radius 2 is 1.65 bits per heavy atom. The van der Waals surface area contributed by atoms with Gasteiger partial charge in [-0.25, -0.2) is 0 Å². The second-order valence-corrected chi connectivity index (χ2v) is 6.34. The van der Waals surface area contributed by atoms with E-state index in [-0.39, 0.29) is 0 Å². The molecule has 0 saturated carbocycles. The van der Waals surface area contributed by atoms with Gasteiger partial charge in [-0.3, -0.25) is 0 Å². The van der Waals surface area contributed by atoms with E-state index in [0.29, 0.717) is 6.04 Å². The molecule has 0 aliphatic heterocycles. The molecule has 0 fully saturated rings. The molecular formula is C18H22BrN. The Morgan fingerprint density at radius 3 is 2.25 bits per heavy atom. The first-order valence-corrected chi connectivity index (χ1v) is 7.85. The molecule has 0 heterocycles. The average molecular weight is 332 g/mol. The molecule has 2 aromatic rings. The van der Waals surface area contributed by atoms with Crippen molar-refractivity contribution in [2.75, 3.05) is 7.05 Å². The zero-order valence-corrected chi connectivity index (χ0v) is 14.0. The lowest BCUT2D eigenvalue weighted by molar-refractivity contribution is 0.555. The molecule has 106 valence electrons. The van der Waals surface area contributed by atoms with Gasteiger partial charge < -0.3 is 5.32 Å². The van der Waals surface area contributed by atoms with Crippen LogP contribution in [0.5, 0.6) is 0 Å². The third-order valence-electron chi connectivity index (χ3n) is 3.60. The van der Waals surface area contributed by atoms with Crippen LogP contribution in [0, 0.1) is 13.8 Å². The van der Waals surface area contributed by atoms with Gasteiger partial charge in [0.1, 0.15) is 0 Å². The molecule has 20 heavy (non-hydrogen) atoms. The Bertz CT molecular complexity index is 557. The average Bonchev–Trinajstić information content (AvgIpc) is 2.39. The van der Waals surface area contributed by atoms with Gasteiger partial charge in [0.15, 0.2) is 0 Å². The molecule has 2 aromatic carbocycles. The van der Waals surface area contributed by atoms with Crippen LogP contribution in [0.15, 0.2) is 46.9 Å². The summed E-state index contributed by atoms with van der Waals surface area (Å²) >= 11 is 3.63. The smallest absolute Gasteiger partial charge is 0.0207 e. The maximum atomic E-state index is 3.63. The molecule has 0 aliphatic rings. The fraction of sp³-hybridized carbons (Fsp3) is 0.333. The zero-order valence-electron chi connectivity index (χ0n) is 12.4. The fourth-order valence-electron chi connectivity index (χ4n) is 2.68. The number of likely N-dealkylation sites (N-methyl/N-ethyl adjacent to an activating group) is 1. The molecule has 1 unspecified atom stereocenters. The lowest BCUT2D eigenvalue weighted by Crippen LogP contribution is -2.30. The summed E-state index contributed by atoms with van der Waals surface area (Å²) in [6.07, 6.45) is 2.09. The molecule has 0 spiro atoms. The third kappa shape index (κ3) is 4.19. The van der Waals surface area contributed by atoms with E-state index in [1.54, 1.807) is 0 Å². The van der Waals surface area contributed by atoms with Crippen molar-refractivity contribution >= 4 is 15.9 Å². The molecule has 2 heteroatoms. The summed E-state index contributed by atoms with van der Waals surface area (Å²) in [5.74, 6) is 0. The fourth-order valence-corrected chi connectivity index (χ4v) is 3.12. The maximum absolute atomic E-state index is 3.63. The summed E-state index contributed by atoms with van der Waals surface area (Å²) in [6.45, 7) is 4.33. The minimum atomic E-state index is 0.454.